The van der Waals surface area contributed by atoms with Gasteiger partial charge in [-0.15, -0.1) is 11.3 Å². The third-order valence-corrected chi connectivity index (χ3v) is 6.14. The van der Waals surface area contributed by atoms with Crippen molar-refractivity contribution in [3.63, 3.8) is 0 Å². The molecule has 0 atom stereocenters. The Balaban J connectivity index is 1.89. The summed E-state index contributed by atoms with van der Waals surface area (Å²) in [5.74, 6) is 0.793. The molecule has 21 heavy (non-hydrogen) atoms. The van der Waals surface area contributed by atoms with Gasteiger partial charge in [-0.05, 0) is 50.1 Å². The van der Waals surface area contributed by atoms with E-state index in [1.165, 1.54) is 11.3 Å². The molecule has 1 heterocycles. The van der Waals surface area contributed by atoms with E-state index in [9.17, 15) is 8.42 Å². The normalized spacial score (nSPS) is 11.6. The summed E-state index contributed by atoms with van der Waals surface area (Å²) in [7, 11) is -3.42. The van der Waals surface area contributed by atoms with Gasteiger partial charge in [0.15, 0.2) is 0 Å². The summed E-state index contributed by atoms with van der Waals surface area (Å²) in [6.45, 7) is 6.43. The fourth-order valence-electron chi connectivity index (χ4n) is 1.85. The lowest BCUT2D eigenvalue weighted by Crippen LogP contribution is -2.27. The Hall–Kier alpha value is -1.37. The third kappa shape index (κ3) is 4.06. The second-order valence-electron chi connectivity index (χ2n) is 4.81. The minimum Gasteiger partial charge on any atom is -0.492 e. The lowest BCUT2D eigenvalue weighted by atomic mass is 10.1. The van der Waals surface area contributed by atoms with E-state index < -0.39 is 10.0 Å². The minimum atomic E-state index is -3.42. The minimum absolute atomic E-state index is 0.243. The van der Waals surface area contributed by atoms with Gasteiger partial charge in [0.2, 0.25) is 10.0 Å². The van der Waals surface area contributed by atoms with E-state index in [-0.39, 0.29) is 6.54 Å². The first kappa shape index (κ1) is 16.0. The second-order valence-corrected chi connectivity index (χ2v) is 8.09. The van der Waals surface area contributed by atoms with Gasteiger partial charge in [0.05, 0.1) is 0 Å². The summed E-state index contributed by atoms with van der Waals surface area (Å²) in [5.41, 5.74) is 2.23. The number of benzene rings is 1. The van der Waals surface area contributed by atoms with Crippen LogP contribution >= 0.6 is 11.3 Å². The zero-order chi connectivity index (χ0) is 15.5. The third-order valence-electron chi connectivity index (χ3n) is 3.19. The SMILES string of the molecule is Cc1ccc(S(=O)(=O)NCCOc2cccc(C)c2C)s1. The van der Waals surface area contributed by atoms with Gasteiger partial charge >= 0.3 is 0 Å². The van der Waals surface area contributed by atoms with E-state index in [1.807, 2.05) is 39.0 Å². The predicted octanol–water partition coefficient (Wildman–Crippen LogP) is 3.03. The Morgan fingerprint density at radius 1 is 1.14 bits per heavy atom. The monoisotopic (exact) mass is 325 g/mol. The number of aryl methyl sites for hydroxylation is 2. The molecule has 2 aromatic rings. The molecule has 0 spiro atoms. The highest BCUT2D eigenvalue weighted by molar-refractivity contribution is 7.91. The Bertz CT molecular complexity index is 720. The summed E-state index contributed by atoms with van der Waals surface area (Å²) >= 11 is 1.26. The maximum absolute atomic E-state index is 12.0. The molecule has 1 aromatic carbocycles. The highest BCUT2D eigenvalue weighted by Crippen LogP contribution is 2.21. The first-order valence-corrected chi connectivity index (χ1v) is 8.95. The van der Waals surface area contributed by atoms with Crippen molar-refractivity contribution in [3.8, 4) is 5.75 Å². The fraction of sp³-hybridized carbons (Fsp3) is 0.333. The topological polar surface area (TPSA) is 55.4 Å². The lowest BCUT2D eigenvalue weighted by Gasteiger charge is -2.11. The number of thiophene rings is 1. The fourth-order valence-corrected chi connectivity index (χ4v) is 4.19. The van der Waals surface area contributed by atoms with Crippen LogP contribution in [0.1, 0.15) is 16.0 Å². The number of hydrogen-bond donors (Lipinski definition) is 1. The molecule has 0 saturated heterocycles. The predicted molar refractivity (Wildman–Crippen MR) is 85.7 cm³/mol. The summed E-state index contributed by atoms with van der Waals surface area (Å²) in [4.78, 5) is 0.974. The summed E-state index contributed by atoms with van der Waals surface area (Å²) in [6.07, 6.45) is 0. The van der Waals surface area contributed by atoms with Crippen molar-refractivity contribution in [2.45, 2.75) is 25.0 Å². The molecule has 1 N–H and O–H groups in total. The molecule has 0 amide bonds. The van der Waals surface area contributed by atoms with E-state index in [0.29, 0.717) is 10.8 Å². The Morgan fingerprint density at radius 3 is 2.57 bits per heavy atom. The molecule has 0 bridgehead atoms. The molecule has 0 aliphatic carbocycles. The van der Waals surface area contributed by atoms with E-state index in [0.717, 1.165) is 21.8 Å². The summed E-state index contributed by atoms with van der Waals surface area (Å²) in [6, 6.07) is 9.25. The maximum Gasteiger partial charge on any atom is 0.250 e. The average molecular weight is 325 g/mol. The van der Waals surface area contributed by atoms with Crippen LogP contribution in [0.15, 0.2) is 34.5 Å². The highest BCUT2D eigenvalue weighted by Gasteiger charge is 2.15. The standard InChI is InChI=1S/C15H19NO3S2/c1-11-5-4-6-14(13(11)3)19-10-9-16-21(17,18)15-8-7-12(2)20-15/h4-8,16H,9-10H2,1-3H3. The molecule has 2 rings (SSSR count). The molecule has 0 fully saturated rings. The number of rotatable bonds is 6. The zero-order valence-electron chi connectivity index (χ0n) is 12.3. The van der Waals surface area contributed by atoms with Gasteiger partial charge in [-0.3, -0.25) is 0 Å². The van der Waals surface area contributed by atoms with Crippen LogP contribution in [0, 0.1) is 20.8 Å². The number of sulfonamides is 1. The van der Waals surface area contributed by atoms with Crippen LogP contribution in [-0.2, 0) is 10.0 Å². The second kappa shape index (κ2) is 6.60. The molecule has 4 nitrogen and oxygen atoms in total. The Morgan fingerprint density at radius 2 is 1.90 bits per heavy atom. The van der Waals surface area contributed by atoms with E-state index in [4.69, 9.17) is 4.74 Å². The van der Waals surface area contributed by atoms with Gasteiger partial charge < -0.3 is 4.74 Å². The molecule has 0 aliphatic heterocycles. The molecular formula is C15H19NO3S2. The molecule has 1 aromatic heterocycles. The van der Waals surface area contributed by atoms with Gasteiger partial charge in [-0.1, -0.05) is 12.1 Å². The number of nitrogens with one attached hydrogen (secondary N) is 1. The van der Waals surface area contributed by atoms with Crippen LogP contribution < -0.4 is 9.46 Å². The van der Waals surface area contributed by atoms with Crippen molar-refractivity contribution in [3.05, 3.63) is 46.3 Å². The van der Waals surface area contributed by atoms with Crippen LogP contribution in [-0.4, -0.2) is 21.6 Å². The van der Waals surface area contributed by atoms with Gasteiger partial charge in [0.25, 0.3) is 0 Å². The van der Waals surface area contributed by atoms with Gasteiger partial charge in [0, 0.05) is 11.4 Å². The maximum atomic E-state index is 12.0. The van der Waals surface area contributed by atoms with Crippen LogP contribution in [0.25, 0.3) is 0 Å². The van der Waals surface area contributed by atoms with Gasteiger partial charge in [-0.2, -0.15) is 0 Å². The summed E-state index contributed by atoms with van der Waals surface area (Å²) < 4.78 is 32.6. The van der Waals surface area contributed by atoms with Gasteiger partial charge in [0.1, 0.15) is 16.6 Å². The van der Waals surface area contributed by atoms with Crippen LogP contribution in [0.2, 0.25) is 0 Å². The largest absolute Gasteiger partial charge is 0.492 e. The molecule has 6 heteroatoms. The quantitative estimate of drug-likeness (QED) is 0.831. The lowest BCUT2D eigenvalue weighted by molar-refractivity contribution is 0.320. The van der Waals surface area contributed by atoms with Crippen molar-refractivity contribution in [1.82, 2.24) is 4.72 Å². The number of ether oxygens (including phenoxy) is 1. The van der Waals surface area contributed by atoms with E-state index in [1.54, 1.807) is 12.1 Å². The van der Waals surface area contributed by atoms with Crippen molar-refractivity contribution in [2.24, 2.45) is 0 Å². The van der Waals surface area contributed by atoms with Gasteiger partial charge in [-0.25, -0.2) is 13.1 Å². The Kier molecular flexibility index (Phi) is 5.03. The van der Waals surface area contributed by atoms with Crippen molar-refractivity contribution < 1.29 is 13.2 Å². The smallest absolute Gasteiger partial charge is 0.250 e. The summed E-state index contributed by atoms with van der Waals surface area (Å²) in [5, 5.41) is 0. The van der Waals surface area contributed by atoms with Crippen molar-refractivity contribution in [2.75, 3.05) is 13.2 Å². The zero-order valence-corrected chi connectivity index (χ0v) is 14.0. The molecule has 0 aliphatic rings. The van der Waals surface area contributed by atoms with E-state index in [2.05, 4.69) is 4.72 Å². The first-order valence-electron chi connectivity index (χ1n) is 6.65. The van der Waals surface area contributed by atoms with Crippen molar-refractivity contribution >= 4 is 21.4 Å². The molecule has 0 unspecified atom stereocenters. The van der Waals surface area contributed by atoms with Crippen LogP contribution in [0.3, 0.4) is 0 Å². The molecule has 0 saturated carbocycles. The number of hydrogen-bond acceptors (Lipinski definition) is 4. The molecule has 114 valence electrons. The highest BCUT2D eigenvalue weighted by atomic mass is 32.2. The van der Waals surface area contributed by atoms with Crippen LogP contribution in [0.5, 0.6) is 5.75 Å². The van der Waals surface area contributed by atoms with E-state index >= 15 is 0 Å². The van der Waals surface area contributed by atoms with Crippen LogP contribution in [0.4, 0.5) is 0 Å². The first-order chi connectivity index (χ1) is 9.90. The Labute approximate surface area is 129 Å². The molecule has 0 radical (unpaired) electrons. The van der Waals surface area contributed by atoms with Crippen molar-refractivity contribution in [1.29, 1.82) is 0 Å². The average Bonchev–Trinajstić information content (AvgIpc) is 2.87. The molecular weight excluding hydrogens is 306 g/mol.